The number of hydrogen-bond donors (Lipinski definition) is 1. The van der Waals surface area contributed by atoms with Crippen LogP contribution in [0.2, 0.25) is 0 Å². The highest BCUT2D eigenvalue weighted by Gasteiger charge is 2.30. The Morgan fingerprint density at radius 2 is 2.12 bits per heavy atom. The lowest BCUT2D eigenvalue weighted by Gasteiger charge is -2.29. The first kappa shape index (κ1) is 16.5. The van der Waals surface area contributed by atoms with Crippen LogP contribution in [0, 0.1) is 5.92 Å². The molecule has 8 heteroatoms. The van der Waals surface area contributed by atoms with Gasteiger partial charge >= 0.3 is 0 Å². The van der Waals surface area contributed by atoms with Crippen molar-refractivity contribution in [2.75, 3.05) is 22.5 Å². The number of carbonyl (C=O) groups excluding carboxylic acids is 2. The number of rotatable bonds is 5. The number of amides is 2. The second-order valence-corrected chi connectivity index (χ2v) is 8.40. The largest absolute Gasteiger partial charge is 0.311 e. The van der Waals surface area contributed by atoms with Gasteiger partial charge in [-0.15, -0.1) is 10.2 Å². The fourth-order valence-corrected chi connectivity index (χ4v) is 4.50. The van der Waals surface area contributed by atoms with E-state index in [1.54, 1.807) is 0 Å². The van der Waals surface area contributed by atoms with Crippen molar-refractivity contribution in [2.45, 2.75) is 30.0 Å². The Kier molecular flexibility index (Phi) is 4.72. The van der Waals surface area contributed by atoms with E-state index in [0.717, 1.165) is 37.9 Å². The highest BCUT2D eigenvalue weighted by Crippen LogP contribution is 2.32. The maximum atomic E-state index is 12.6. The van der Waals surface area contributed by atoms with Crippen LogP contribution in [-0.4, -0.2) is 34.3 Å². The minimum absolute atomic E-state index is 0.0219. The normalized spacial score (nSPS) is 16.4. The number of thioether (sulfide) groups is 1. The lowest BCUT2D eigenvalue weighted by atomic mass is 10.0. The lowest BCUT2D eigenvalue weighted by Crippen LogP contribution is -2.36. The van der Waals surface area contributed by atoms with Crippen molar-refractivity contribution in [3.8, 4) is 0 Å². The van der Waals surface area contributed by atoms with Crippen LogP contribution in [0.5, 0.6) is 0 Å². The monoisotopic (exact) mass is 374 g/mol. The van der Waals surface area contributed by atoms with Crippen molar-refractivity contribution >= 4 is 45.7 Å². The van der Waals surface area contributed by atoms with E-state index in [4.69, 9.17) is 0 Å². The molecule has 1 aliphatic heterocycles. The van der Waals surface area contributed by atoms with E-state index in [1.165, 1.54) is 28.7 Å². The standard InChI is InChI=1S/C17H18N4O2S2/c22-14(21-9-3-5-11-4-1-2-6-13(11)21)10-24-17-20-19-16(25-17)18-15(23)12-7-8-12/h1-2,4,6,12H,3,5,7-10H2,(H,18,19,23). The molecule has 0 atom stereocenters. The van der Waals surface area contributed by atoms with Gasteiger partial charge in [0, 0.05) is 18.2 Å². The number of benzene rings is 1. The molecule has 25 heavy (non-hydrogen) atoms. The molecule has 1 aromatic heterocycles. The molecule has 1 aromatic carbocycles. The summed E-state index contributed by atoms with van der Waals surface area (Å²) in [4.78, 5) is 26.2. The summed E-state index contributed by atoms with van der Waals surface area (Å²) in [5, 5.41) is 11.3. The van der Waals surface area contributed by atoms with Gasteiger partial charge in [0.2, 0.25) is 16.9 Å². The van der Waals surface area contributed by atoms with Gasteiger partial charge in [0.25, 0.3) is 0 Å². The number of anilines is 2. The quantitative estimate of drug-likeness (QED) is 0.643. The second kappa shape index (κ2) is 7.13. The maximum Gasteiger partial charge on any atom is 0.237 e. The summed E-state index contributed by atoms with van der Waals surface area (Å²) in [7, 11) is 0. The number of aromatic nitrogens is 2. The molecule has 1 fully saturated rings. The van der Waals surface area contributed by atoms with Gasteiger partial charge in [-0.1, -0.05) is 41.3 Å². The van der Waals surface area contributed by atoms with Crippen molar-refractivity contribution in [1.82, 2.24) is 10.2 Å². The van der Waals surface area contributed by atoms with Gasteiger partial charge in [0.05, 0.1) is 5.75 Å². The van der Waals surface area contributed by atoms with E-state index in [-0.39, 0.29) is 17.7 Å². The summed E-state index contributed by atoms with van der Waals surface area (Å²) in [6, 6.07) is 8.08. The van der Waals surface area contributed by atoms with Gasteiger partial charge in [-0.05, 0) is 37.3 Å². The highest BCUT2D eigenvalue weighted by molar-refractivity contribution is 8.01. The van der Waals surface area contributed by atoms with Crippen LogP contribution in [0.4, 0.5) is 10.8 Å². The predicted octanol–water partition coefficient (Wildman–Crippen LogP) is 2.96. The van der Waals surface area contributed by atoms with Gasteiger partial charge < -0.3 is 10.2 Å². The molecule has 130 valence electrons. The van der Waals surface area contributed by atoms with Gasteiger partial charge in [-0.2, -0.15) is 0 Å². The molecule has 0 saturated heterocycles. The molecule has 0 unspecified atom stereocenters. The van der Waals surface area contributed by atoms with Crippen molar-refractivity contribution in [2.24, 2.45) is 5.92 Å². The zero-order chi connectivity index (χ0) is 17.2. The summed E-state index contributed by atoms with van der Waals surface area (Å²) < 4.78 is 0.699. The molecule has 6 nitrogen and oxygen atoms in total. The Morgan fingerprint density at radius 3 is 2.96 bits per heavy atom. The van der Waals surface area contributed by atoms with Crippen LogP contribution in [0.3, 0.4) is 0 Å². The average molecular weight is 374 g/mol. The SMILES string of the molecule is O=C(Nc1nnc(SCC(=O)N2CCCc3ccccc32)s1)C1CC1. The summed E-state index contributed by atoms with van der Waals surface area (Å²) in [5.74, 6) is 0.560. The Morgan fingerprint density at radius 1 is 1.28 bits per heavy atom. The Balaban J connectivity index is 1.35. The van der Waals surface area contributed by atoms with E-state index in [2.05, 4.69) is 21.6 Å². The minimum Gasteiger partial charge on any atom is -0.311 e. The lowest BCUT2D eigenvalue weighted by molar-refractivity contribution is -0.117. The van der Waals surface area contributed by atoms with E-state index in [9.17, 15) is 9.59 Å². The third-order valence-corrected chi connectivity index (χ3v) is 6.27. The second-order valence-electron chi connectivity index (χ2n) is 6.20. The number of fused-ring (bicyclic) bond motifs is 1. The smallest absolute Gasteiger partial charge is 0.237 e. The molecule has 0 radical (unpaired) electrons. The molecule has 2 amide bonds. The van der Waals surface area contributed by atoms with E-state index in [1.807, 2.05) is 23.1 Å². The molecule has 4 rings (SSSR count). The molecular weight excluding hydrogens is 356 g/mol. The number of aryl methyl sites for hydroxylation is 1. The zero-order valence-corrected chi connectivity index (χ0v) is 15.2. The first-order valence-electron chi connectivity index (χ1n) is 8.36. The molecule has 0 bridgehead atoms. The molecule has 1 aliphatic carbocycles. The number of nitrogens with zero attached hydrogens (tertiary/aromatic N) is 3. The van der Waals surface area contributed by atoms with Crippen LogP contribution < -0.4 is 10.2 Å². The van der Waals surface area contributed by atoms with Gasteiger partial charge in [-0.25, -0.2) is 0 Å². The number of carbonyl (C=O) groups is 2. The Labute approximate surface area is 154 Å². The summed E-state index contributed by atoms with van der Waals surface area (Å²) in [6.07, 6.45) is 3.92. The Bertz CT molecular complexity index is 803. The van der Waals surface area contributed by atoms with Crippen LogP contribution in [0.25, 0.3) is 0 Å². The molecular formula is C17H18N4O2S2. The molecule has 2 heterocycles. The van der Waals surface area contributed by atoms with E-state index in [0.29, 0.717) is 15.2 Å². The van der Waals surface area contributed by atoms with E-state index >= 15 is 0 Å². The van der Waals surface area contributed by atoms with Gasteiger partial charge in [-0.3, -0.25) is 9.59 Å². The van der Waals surface area contributed by atoms with E-state index < -0.39 is 0 Å². The molecule has 2 aliphatic rings. The topological polar surface area (TPSA) is 75.2 Å². The summed E-state index contributed by atoms with van der Waals surface area (Å²) >= 11 is 2.69. The molecule has 0 spiro atoms. The number of nitrogens with one attached hydrogen (secondary N) is 1. The third kappa shape index (κ3) is 3.85. The van der Waals surface area contributed by atoms with Crippen molar-refractivity contribution < 1.29 is 9.59 Å². The van der Waals surface area contributed by atoms with Crippen LogP contribution in [-0.2, 0) is 16.0 Å². The average Bonchev–Trinajstić information content (AvgIpc) is 3.40. The zero-order valence-electron chi connectivity index (χ0n) is 13.6. The third-order valence-electron chi connectivity index (χ3n) is 4.32. The first-order valence-corrected chi connectivity index (χ1v) is 10.2. The van der Waals surface area contributed by atoms with Crippen molar-refractivity contribution in [3.63, 3.8) is 0 Å². The Hall–Kier alpha value is -1.93. The summed E-state index contributed by atoms with van der Waals surface area (Å²) in [6.45, 7) is 0.759. The van der Waals surface area contributed by atoms with Crippen LogP contribution in [0.15, 0.2) is 28.6 Å². The maximum absolute atomic E-state index is 12.6. The van der Waals surface area contributed by atoms with Crippen molar-refractivity contribution in [3.05, 3.63) is 29.8 Å². The predicted molar refractivity (Wildman–Crippen MR) is 99.1 cm³/mol. The minimum atomic E-state index is 0.0219. The fourth-order valence-electron chi connectivity index (χ4n) is 2.87. The van der Waals surface area contributed by atoms with Crippen LogP contribution >= 0.6 is 23.1 Å². The van der Waals surface area contributed by atoms with Gasteiger partial charge in [0.1, 0.15) is 0 Å². The van der Waals surface area contributed by atoms with Gasteiger partial charge in [0.15, 0.2) is 4.34 Å². The molecule has 1 saturated carbocycles. The summed E-state index contributed by atoms with van der Waals surface area (Å²) in [5.41, 5.74) is 2.25. The highest BCUT2D eigenvalue weighted by atomic mass is 32.2. The first-order chi connectivity index (χ1) is 12.2. The number of para-hydroxylation sites is 1. The molecule has 1 N–H and O–H groups in total. The number of hydrogen-bond acceptors (Lipinski definition) is 6. The fraction of sp³-hybridized carbons (Fsp3) is 0.412. The van der Waals surface area contributed by atoms with Crippen molar-refractivity contribution in [1.29, 1.82) is 0 Å². The van der Waals surface area contributed by atoms with Crippen LogP contribution in [0.1, 0.15) is 24.8 Å². The molecule has 2 aromatic rings.